The average Bonchev–Trinajstić information content (AvgIpc) is 2.60. The third-order valence-corrected chi connectivity index (χ3v) is 3.72. The van der Waals surface area contributed by atoms with Crippen LogP contribution in [0.5, 0.6) is 0 Å². The molecule has 1 aromatic rings. The topological polar surface area (TPSA) is 28.2 Å². The van der Waals surface area contributed by atoms with Gasteiger partial charge >= 0.3 is 0 Å². The van der Waals surface area contributed by atoms with Crippen molar-refractivity contribution in [3.8, 4) is 0 Å². The summed E-state index contributed by atoms with van der Waals surface area (Å²) < 4.78 is 0. The van der Waals surface area contributed by atoms with E-state index >= 15 is 0 Å². The van der Waals surface area contributed by atoms with Gasteiger partial charge in [-0.25, -0.2) is 4.98 Å². The molecule has 15 heavy (non-hydrogen) atoms. The van der Waals surface area contributed by atoms with Crippen LogP contribution < -0.4 is 5.32 Å². The Balaban J connectivity index is 2.05. The smallest absolute Gasteiger partial charge is 0.183 e. The molecule has 1 aliphatic rings. The van der Waals surface area contributed by atoms with Crippen LogP contribution in [-0.2, 0) is 13.0 Å². The molecule has 0 radical (unpaired) electrons. The van der Waals surface area contributed by atoms with Gasteiger partial charge in [-0.2, -0.15) is 0 Å². The molecular formula is C11H19N3S. The average molecular weight is 225 g/mol. The molecule has 0 amide bonds. The van der Waals surface area contributed by atoms with Crippen molar-refractivity contribution < 1.29 is 0 Å². The van der Waals surface area contributed by atoms with Gasteiger partial charge in [0.1, 0.15) is 0 Å². The third kappa shape index (κ3) is 2.49. The lowest BCUT2D eigenvalue weighted by Gasteiger charge is -2.24. The number of anilines is 1. The molecule has 0 fully saturated rings. The van der Waals surface area contributed by atoms with Gasteiger partial charge in [0.25, 0.3) is 0 Å². The van der Waals surface area contributed by atoms with Crippen LogP contribution in [0.25, 0.3) is 0 Å². The number of nitrogens with one attached hydrogen (secondary N) is 1. The highest BCUT2D eigenvalue weighted by atomic mass is 32.1. The summed E-state index contributed by atoms with van der Waals surface area (Å²) in [5.74, 6) is 0. The summed E-state index contributed by atoms with van der Waals surface area (Å²) in [5.41, 5.74) is 1.32. The van der Waals surface area contributed by atoms with E-state index in [0.29, 0.717) is 0 Å². The van der Waals surface area contributed by atoms with Crippen LogP contribution in [0.2, 0.25) is 0 Å². The minimum atomic E-state index is 0.963. The first-order chi connectivity index (χ1) is 7.33. The van der Waals surface area contributed by atoms with Crippen LogP contribution in [0.4, 0.5) is 5.13 Å². The summed E-state index contributed by atoms with van der Waals surface area (Å²) in [6.07, 6.45) is 2.37. The summed E-state index contributed by atoms with van der Waals surface area (Å²) >= 11 is 1.83. The van der Waals surface area contributed by atoms with E-state index in [1.165, 1.54) is 30.1 Å². The molecular weight excluding hydrogens is 206 g/mol. The van der Waals surface area contributed by atoms with Crippen molar-refractivity contribution in [3.63, 3.8) is 0 Å². The van der Waals surface area contributed by atoms with Crippen LogP contribution in [0.15, 0.2) is 0 Å². The van der Waals surface area contributed by atoms with E-state index in [1.807, 2.05) is 11.3 Å². The maximum atomic E-state index is 4.62. The molecule has 0 bridgehead atoms. The van der Waals surface area contributed by atoms with E-state index in [4.69, 9.17) is 0 Å². The standard InChI is InChI=1S/C11H19N3S/c1-3-6-14-7-5-9-10(8-14)15-11(13-9)12-4-2/h3-8H2,1-2H3,(H,12,13). The number of thiazole rings is 1. The van der Waals surface area contributed by atoms with Gasteiger partial charge < -0.3 is 5.32 Å². The highest BCUT2D eigenvalue weighted by Crippen LogP contribution is 2.28. The van der Waals surface area contributed by atoms with Crippen molar-refractivity contribution in [1.82, 2.24) is 9.88 Å². The molecule has 1 aromatic heterocycles. The normalized spacial score (nSPS) is 16.4. The van der Waals surface area contributed by atoms with Gasteiger partial charge in [0.05, 0.1) is 5.69 Å². The minimum absolute atomic E-state index is 0.963. The monoisotopic (exact) mass is 225 g/mol. The van der Waals surface area contributed by atoms with Crippen LogP contribution in [0.3, 0.4) is 0 Å². The first-order valence-electron chi connectivity index (χ1n) is 5.78. The lowest BCUT2D eigenvalue weighted by atomic mass is 10.2. The maximum Gasteiger partial charge on any atom is 0.183 e. The lowest BCUT2D eigenvalue weighted by Crippen LogP contribution is -2.30. The molecule has 0 saturated heterocycles. The lowest BCUT2D eigenvalue weighted by molar-refractivity contribution is 0.256. The molecule has 0 saturated carbocycles. The molecule has 1 N–H and O–H groups in total. The second kappa shape index (κ2) is 4.94. The summed E-state index contributed by atoms with van der Waals surface area (Å²) in [5, 5.41) is 4.40. The SMILES string of the molecule is CCCN1CCc2nc(NCC)sc2C1. The van der Waals surface area contributed by atoms with E-state index in [2.05, 4.69) is 29.0 Å². The molecule has 4 heteroatoms. The van der Waals surface area contributed by atoms with E-state index in [9.17, 15) is 0 Å². The fourth-order valence-corrected chi connectivity index (χ4v) is 3.10. The molecule has 0 aromatic carbocycles. The van der Waals surface area contributed by atoms with E-state index < -0.39 is 0 Å². The Morgan fingerprint density at radius 2 is 2.33 bits per heavy atom. The third-order valence-electron chi connectivity index (χ3n) is 2.68. The fraction of sp³-hybridized carbons (Fsp3) is 0.727. The van der Waals surface area contributed by atoms with Crippen LogP contribution in [0, 0.1) is 0 Å². The number of hydrogen-bond donors (Lipinski definition) is 1. The van der Waals surface area contributed by atoms with Crippen molar-refractivity contribution in [2.45, 2.75) is 33.2 Å². The summed E-state index contributed by atoms with van der Waals surface area (Å²) in [4.78, 5) is 8.60. The summed E-state index contributed by atoms with van der Waals surface area (Å²) in [6, 6.07) is 0. The first kappa shape index (κ1) is 10.9. The number of rotatable bonds is 4. The Labute approximate surface area is 95.5 Å². The van der Waals surface area contributed by atoms with Crippen molar-refractivity contribution >= 4 is 16.5 Å². The molecule has 2 heterocycles. The van der Waals surface area contributed by atoms with Gasteiger partial charge in [0.15, 0.2) is 5.13 Å². The van der Waals surface area contributed by atoms with Crippen molar-refractivity contribution in [2.75, 3.05) is 25.0 Å². The van der Waals surface area contributed by atoms with Gasteiger partial charge in [-0.3, -0.25) is 4.90 Å². The van der Waals surface area contributed by atoms with E-state index in [1.54, 1.807) is 0 Å². The molecule has 0 aliphatic carbocycles. The Bertz CT molecular complexity index is 322. The zero-order valence-electron chi connectivity index (χ0n) is 9.55. The summed E-state index contributed by atoms with van der Waals surface area (Å²) in [7, 11) is 0. The van der Waals surface area contributed by atoms with Gasteiger partial charge in [0, 0.05) is 30.9 Å². The van der Waals surface area contributed by atoms with E-state index in [-0.39, 0.29) is 0 Å². The van der Waals surface area contributed by atoms with Gasteiger partial charge in [-0.05, 0) is 19.9 Å². The zero-order valence-corrected chi connectivity index (χ0v) is 10.4. The van der Waals surface area contributed by atoms with Gasteiger partial charge in [-0.15, -0.1) is 11.3 Å². The van der Waals surface area contributed by atoms with Crippen molar-refractivity contribution in [1.29, 1.82) is 0 Å². The molecule has 1 aliphatic heterocycles. The Hall–Kier alpha value is -0.610. The number of hydrogen-bond acceptors (Lipinski definition) is 4. The largest absolute Gasteiger partial charge is 0.362 e. The second-order valence-electron chi connectivity index (χ2n) is 3.95. The highest BCUT2D eigenvalue weighted by molar-refractivity contribution is 7.15. The Morgan fingerprint density at radius 3 is 3.07 bits per heavy atom. The number of nitrogens with zero attached hydrogens (tertiary/aromatic N) is 2. The molecule has 3 nitrogen and oxygen atoms in total. The molecule has 84 valence electrons. The van der Waals surface area contributed by atoms with Crippen LogP contribution >= 0.6 is 11.3 Å². The molecule has 0 atom stereocenters. The van der Waals surface area contributed by atoms with E-state index in [0.717, 1.165) is 24.6 Å². The Morgan fingerprint density at radius 1 is 1.47 bits per heavy atom. The van der Waals surface area contributed by atoms with Crippen molar-refractivity contribution in [2.24, 2.45) is 0 Å². The van der Waals surface area contributed by atoms with Crippen LogP contribution in [0.1, 0.15) is 30.8 Å². The van der Waals surface area contributed by atoms with Crippen molar-refractivity contribution in [3.05, 3.63) is 10.6 Å². The minimum Gasteiger partial charge on any atom is -0.362 e. The van der Waals surface area contributed by atoms with Crippen LogP contribution in [-0.4, -0.2) is 29.5 Å². The predicted octanol–water partition coefficient (Wildman–Crippen LogP) is 2.34. The number of aromatic nitrogens is 1. The van der Waals surface area contributed by atoms with Gasteiger partial charge in [-0.1, -0.05) is 6.92 Å². The Kier molecular flexibility index (Phi) is 3.59. The molecule has 2 rings (SSSR count). The summed E-state index contributed by atoms with van der Waals surface area (Å²) in [6.45, 7) is 8.82. The first-order valence-corrected chi connectivity index (χ1v) is 6.60. The number of fused-ring (bicyclic) bond motifs is 1. The maximum absolute atomic E-state index is 4.62. The zero-order chi connectivity index (χ0) is 10.7. The fourth-order valence-electron chi connectivity index (χ4n) is 1.98. The second-order valence-corrected chi connectivity index (χ2v) is 5.03. The van der Waals surface area contributed by atoms with Gasteiger partial charge in [0.2, 0.25) is 0 Å². The predicted molar refractivity (Wildman–Crippen MR) is 65.5 cm³/mol. The quantitative estimate of drug-likeness (QED) is 0.852. The molecule has 0 unspecified atom stereocenters. The highest BCUT2D eigenvalue weighted by Gasteiger charge is 2.19. The molecule has 0 spiro atoms.